The van der Waals surface area contributed by atoms with Gasteiger partial charge in [0, 0.05) is 25.9 Å². The Hall–Kier alpha value is -0.990. The third kappa shape index (κ3) is 15.1. The second-order valence-corrected chi connectivity index (χ2v) is 11.5. The molecule has 3 heteroatoms. The number of hydrogen-bond acceptors (Lipinski definition) is 2. The first-order valence-electron chi connectivity index (χ1n) is 15.3. The highest BCUT2D eigenvalue weighted by atomic mass is 16.3. The maximum absolute atomic E-state index is 12.1. The second kappa shape index (κ2) is 19.2. The molecule has 0 aromatic rings. The molecular weight excluding hydrogens is 418 g/mol. The summed E-state index contributed by atoms with van der Waals surface area (Å²) in [6.45, 7) is 4.24. The van der Waals surface area contributed by atoms with Crippen LogP contribution in [0.25, 0.3) is 0 Å². The molecule has 1 unspecified atom stereocenters. The number of aliphatic hydroxyl groups excluding tert-OH is 1. The van der Waals surface area contributed by atoms with Gasteiger partial charge in [0.2, 0.25) is 5.91 Å². The van der Waals surface area contributed by atoms with Gasteiger partial charge in [0.05, 0.1) is 5.76 Å². The third-order valence-corrected chi connectivity index (χ3v) is 7.99. The molecule has 1 heterocycles. The summed E-state index contributed by atoms with van der Waals surface area (Å²) < 4.78 is 0. The molecule has 1 amide bonds. The van der Waals surface area contributed by atoms with Crippen molar-refractivity contribution < 1.29 is 9.90 Å². The molecular formula is C31H57NO2. The molecule has 1 aliphatic heterocycles. The van der Waals surface area contributed by atoms with Gasteiger partial charge in [0.1, 0.15) is 0 Å². The van der Waals surface area contributed by atoms with Crippen LogP contribution in [0.4, 0.5) is 0 Å². The van der Waals surface area contributed by atoms with Crippen molar-refractivity contribution >= 4 is 5.91 Å². The molecule has 1 saturated heterocycles. The number of allylic oxidation sites excluding steroid dienone is 2. The fourth-order valence-corrected chi connectivity index (χ4v) is 5.42. The highest BCUT2D eigenvalue weighted by molar-refractivity contribution is 5.76. The first kappa shape index (κ1) is 29.2. The number of carbonyl (C=O) groups is 1. The minimum atomic E-state index is 0.398. The SMILES string of the molecule is CC1CCN(C(=O)CCCCCCCCCCCCCCCCCCCCCC(O)=C2CC2)C1. The molecule has 198 valence electrons. The predicted molar refractivity (Wildman–Crippen MR) is 146 cm³/mol. The van der Waals surface area contributed by atoms with Crippen LogP contribution in [0, 0.1) is 5.92 Å². The highest BCUT2D eigenvalue weighted by Crippen LogP contribution is 2.32. The maximum Gasteiger partial charge on any atom is 0.222 e. The van der Waals surface area contributed by atoms with E-state index in [1.54, 1.807) is 0 Å². The van der Waals surface area contributed by atoms with E-state index in [4.69, 9.17) is 0 Å². The Bertz CT molecular complexity index is 550. The van der Waals surface area contributed by atoms with Crippen LogP contribution in [0.3, 0.4) is 0 Å². The Morgan fingerprint density at radius 2 is 1.06 bits per heavy atom. The van der Waals surface area contributed by atoms with Gasteiger partial charge in [-0.2, -0.15) is 0 Å². The van der Waals surface area contributed by atoms with Gasteiger partial charge in [-0.05, 0) is 43.6 Å². The van der Waals surface area contributed by atoms with Gasteiger partial charge in [0.25, 0.3) is 0 Å². The fraction of sp³-hybridized carbons (Fsp3) is 0.903. The largest absolute Gasteiger partial charge is 0.512 e. The zero-order chi connectivity index (χ0) is 24.3. The second-order valence-electron chi connectivity index (χ2n) is 11.5. The van der Waals surface area contributed by atoms with E-state index in [0.29, 0.717) is 17.6 Å². The summed E-state index contributed by atoms with van der Waals surface area (Å²) in [4.78, 5) is 14.2. The quantitative estimate of drug-likeness (QED) is 0.125. The van der Waals surface area contributed by atoms with Crippen molar-refractivity contribution in [2.45, 2.75) is 161 Å². The average Bonchev–Trinajstić information content (AvgIpc) is 3.60. The van der Waals surface area contributed by atoms with Gasteiger partial charge in [-0.25, -0.2) is 0 Å². The summed E-state index contributed by atoms with van der Waals surface area (Å²) in [5.74, 6) is 1.81. The summed E-state index contributed by atoms with van der Waals surface area (Å²) >= 11 is 0. The lowest BCUT2D eigenvalue weighted by Gasteiger charge is -2.15. The molecule has 0 aromatic carbocycles. The molecule has 1 saturated carbocycles. The van der Waals surface area contributed by atoms with E-state index in [1.807, 2.05) is 0 Å². The zero-order valence-electron chi connectivity index (χ0n) is 22.8. The molecule has 0 bridgehead atoms. The molecule has 0 radical (unpaired) electrons. The number of rotatable bonds is 22. The Morgan fingerprint density at radius 3 is 1.41 bits per heavy atom. The maximum atomic E-state index is 12.1. The van der Waals surface area contributed by atoms with Crippen LogP contribution in [-0.2, 0) is 4.79 Å². The minimum absolute atomic E-state index is 0.398. The normalized spacial score (nSPS) is 17.5. The van der Waals surface area contributed by atoms with Crippen LogP contribution in [-0.4, -0.2) is 29.0 Å². The molecule has 2 aliphatic rings. The predicted octanol–water partition coefficient (Wildman–Crippen LogP) is 9.65. The molecule has 34 heavy (non-hydrogen) atoms. The smallest absolute Gasteiger partial charge is 0.222 e. The van der Waals surface area contributed by atoms with Crippen LogP contribution in [0.1, 0.15) is 161 Å². The number of aliphatic hydroxyl groups is 1. The number of nitrogens with zero attached hydrogens (tertiary/aromatic N) is 1. The molecule has 1 aliphatic carbocycles. The van der Waals surface area contributed by atoms with Gasteiger partial charge in [0.15, 0.2) is 0 Å². The Balaban J connectivity index is 1.19. The van der Waals surface area contributed by atoms with E-state index in [9.17, 15) is 9.90 Å². The van der Waals surface area contributed by atoms with Crippen molar-refractivity contribution in [2.75, 3.05) is 13.1 Å². The molecule has 3 nitrogen and oxygen atoms in total. The van der Waals surface area contributed by atoms with Gasteiger partial charge < -0.3 is 10.0 Å². The Labute approximate surface area is 212 Å². The molecule has 0 spiro atoms. The average molecular weight is 476 g/mol. The van der Waals surface area contributed by atoms with Crippen molar-refractivity contribution in [2.24, 2.45) is 5.92 Å². The first-order chi connectivity index (χ1) is 16.7. The monoisotopic (exact) mass is 475 g/mol. The number of amides is 1. The summed E-state index contributed by atoms with van der Waals surface area (Å²) in [5.41, 5.74) is 1.32. The van der Waals surface area contributed by atoms with Crippen molar-refractivity contribution in [1.82, 2.24) is 4.90 Å². The lowest BCUT2D eigenvalue weighted by Crippen LogP contribution is -2.28. The molecule has 2 fully saturated rings. The van der Waals surface area contributed by atoms with Crippen molar-refractivity contribution in [1.29, 1.82) is 0 Å². The number of likely N-dealkylation sites (tertiary alicyclic amines) is 1. The van der Waals surface area contributed by atoms with E-state index >= 15 is 0 Å². The fourth-order valence-electron chi connectivity index (χ4n) is 5.42. The van der Waals surface area contributed by atoms with Crippen molar-refractivity contribution in [3.63, 3.8) is 0 Å². The third-order valence-electron chi connectivity index (χ3n) is 7.99. The van der Waals surface area contributed by atoms with Crippen LogP contribution < -0.4 is 0 Å². The summed E-state index contributed by atoms with van der Waals surface area (Å²) in [7, 11) is 0. The van der Waals surface area contributed by atoms with E-state index in [1.165, 1.54) is 128 Å². The molecule has 1 N–H and O–H groups in total. The standard InChI is InChI=1S/C31H57NO2/c1-28-25-26-32(27-28)31(34)22-20-18-16-14-12-10-8-6-4-2-3-5-7-9-11-13-15-17-19-21-30(33)29-23-24-29/h28,33H,2-27H2,1H3. The Morgan fingerprint density at radius 1 is 0.676 bits per heavy atom. The number of carbonyl (C=O) groups excluding carboxylic acids is 1. The summed E-state index contributed by atoms with van der Waals surface area (Å²) in [5, 5.41) is 9.76. The summed E-state index contributed by atoms with van der Waals surface area (Å²) in [6.07, 6.45) is 31.0. The van der Waals surface area contributed by atoms with Gasteiger partial charge >= 0.3 is 0 Å². The van der Waals surface area contributed by atoms with Gasteiger partial charge in [-0.1, -0.05) is 116 Å². The van der Waals surface area contributed by atoms with E-state index in [2.05, 4.69) is 11.8 Å². The van der Waals surface area contributed by atoms with Crippen molar-refractivity contribution in [3.05, 3.63) is 11.3 Å². The molecule has 1 atom stereocenters. The Kier molecular flexibility index (Phi) is 16.5. The lowest BCUT2D eigenvalue weighted by atomic mass is 10.0. The molecule has 0 aromatic heterocycles. The molecule has 2 rings (SSSR count). The van der Waals surface area contributed by atoms with Crippen LogP contribution in [0.2, 0.25) is 0 Å². The van der Waals surface area contributed by atoms with Crippen molar-refractivity contribution in [3.8, 4) is 0 Å². The van der Waals surface area contributed by atoms with Gasteiger partial charge in [-0.3, -0.25) is 4.79 Å². The van der Waals surface area contributed by atoms with Crippen LogP contribution in [0.5, 0.6) is 0 Å². The van der Waals surface area contributed by atoms with E-state index in [-0.39, 0.29) is 0 Å². The lowest BCUT2D eigenvalue weighted by molar-refractivity contribution is -0.130. The topological polar surface area (TPSA) is 40.5 Å². The van der Waals surface area contributed by atoms with Crippen LogP contribution >= 0.6 is 0 Å². The number of unbranched alkanes of at least 4 members (excludes halogenated alkanes) is 18. The first-order valence-corrected chi connectivity index (χ1v) is 15.3. The van der Waals surface area contributed by atoms with E-state index < -0.39 is 0 Å². The van der Waals surface area contributed by atoms with Crippen LogP contribution in [0.15, 0.2) is 11.3 Å². The van der Waals surface area contributed by atoms with E-state index in [0.717, 1.165) is 45.2 Å². The zero-order valence-corrected chi connectivity index (χ0v) is 22.8. The number of hydrogen-bond donors (Lipinski definition) is 1. The minimum Gasteiger partial charge on any atom is -0.512 e. The highest BCUT2D eigenvalue weighted by Gasteiger charge is 2.22. The van der Waals surface area contributed by atoms with Gasteiger partial charge in [-0.15, -0.1) is 0 Å². The summed E-state index contributed by atoms with van der Waals surface area (Å²) in [6, 6.07) is 0.